The van der Waals surface area contributed by atoms with Gasteiger partial charge in [-0.05, 0) is 30.2 Å². The fraction of sp³-hybridized carbons (Fsp3) is 0.292. The molecule has 1 aliphatic rings. The molecular formula is C24H22F3N3O3. The van der Waals surface area contributed by atoms with Gasteiger partial charge < -0.3 is 10.1 Å². The lowest BCUT2D eigenvalue weighted by molar-refractivity contribution is -0.146. The number of rotatable bonds is 5. The summed E-state index contributed by atoms with van der Waals surface area (Å²) in [5.74, 6) is -0.877. The summed E-state index contributed by atoms with van der Waals surface area (Å²) in [6.07, 6.45) is -4.17. The molecule has 3 aromatic rings. The topological polar surface area (TPSA) is 71.5 Å². The van der Waals surface area contributed by atoms with E-state index >= 15 is 0 Å². The number of benzene rings is 2. The van der Waals surface area contributed by atoms with Gasteiger partial charge in [-0.2, -0.15) is 13.2 Å². The van der Waals surface area contributed by atoms with E-state index in [1.165, 1.54) is 13.2 Å². The average molecular weight is 457 g/mol. The van der Waals surface area contributed by atoms with E-state index < -0.39 is 23.8 Å². The third kappa shape index (κ3) is 5.14. The van der Waals surface area contributed by atoms with Gasteiger partial charge in [-0.15, -0.1) is 0 Å². The van der Waals surface area contributed by atoms with Crippen molar-refractivity contribution in [3.05, 3.63) is 77.5 Å². The number of pyridine rings is 1. The lowest BCUT2D eigenvalue weighted by Crippen LogP contribution is -2.38. The van der Waals surface area contributed by atoms with E-state index in [-0.39, 0.29) is 37.2 Å². The quantitative estimate of drug-likeness (QED) is 0.591. The van der Waals surface area contributed by atoms with E-state index in [0.29, 0.717) is 11.1 Å². The number of hydrogen-bond donors (Lipinski definition) is 1. The van der Waals surface area contributed by atoms with Crippen molar-refractivity contribution in [1.82, 2.24) is 15.2 Å². The molecule has 1 N–H and O–H groups in total. The summed E-state index contributed by atoms with van der Waals surface area (Å²) in [6, 6.07) is 14.8. The van der Waals surface area contributed by atoms with E-state index in [0.717, 1.165) is 17.5 Å². The van der Waals surface area contributed by atoms with Gasteiger partial charge in [0.1, 0.15) is 11.7 Å². The SMILES string of the molecule is COC(=O)[C@@H]1C[C@H](NC(=O)c2ccc3ccccc3n2)CN1Cc1cccc(C(F)(F)F)c1. The molecule has 0 aliphatic carbocycles. The van der Waals surface area contributed by atoms with Crippen LogP contribution in [-0.4, -0.2) is 47.5 Å². The summed E-state index contributed by atoms with van der Waals surface area (Å²) in [5.41, 5.74) is 0.609. The molecule has 0 unspecified atom stereocenters. The van der Waals surface area contributed by atoms with Crippen molar-refractivity contribution in [3.8, 4) is 0 Å². The van der Waals surface area contributed by atoms with Crippen molar-refractivity contribution in [2.45, 2.75) is 31.2 Å². The molecule has 2 heterocycles. The fourth-order valence-corrected chi connectivity index (χ4v) is 4.10. The molecule has 1 amide bonds. The van der Waals surface area contributed by atoms with Crippen LogP contribution in [0.25, 0.3) is 10.9 Å². The predicted octanol–water partition coefficient (Wildman–Crippen LogP) is 3.80. The molecule has 0 spiro atoms. The first kappa shape index (κ1) is 22.7. The van der Waals surface area contributed by atoms with Crippen molar-refractivity contribution in [2.75, 3.05) is 13.7 Å². The number of aromatic nitrogens is 1. The van der Waals surface area contributed by atoms with Gasteiger partial charge in [-0.1, -0.05) is 42.5 Å². The molecule has 1 aromatic heterocycles. The molecule has 0 radical (unpaired) electrons. The van der Waals surface area contributed by atoms with E-state index in [9.17, 15) is 22.8 Å². The highest BCUT2D eigenvalue weighted by molar-refractivity contribution is 5.95. The normalized spacial score (nSPS) is 18.9. The third-order valence-electron chi connectivity index (χ3n) is 5.68. The highest BCUT2D eigenvalue weighted by Crippen LogP contribution is 2.30. The Labute approximate surface area is 188 Å². The van der Waals surface area contributed by atoms with Gasteiger partial charge in [0.05, 0.1) is 18.2 Å². The zero-order valence-corrected chi connectivity index (χ0v) is 17.8. The minimum absolute atomic E-state index is 0.115. The summed E-state index contributed by atoms with van der Waals surface area (Å²) in [4.78, 5) is 31.2. The number of ether oxygens (including phenoxy) is 1. The number of amides is 1. The van der Waals surface area contributed by atoms with Crippen LogP contribution >= 0.6 is 0 Å². The Morgan fingerprint density at radius 1 is 1.12 bits per heavy atom. The minimum atomic E-state index is -4.45. The van der Waals surface area contributed by atoms with Crippen molar-refractivity contribution in [2.24, 2.45) is 0 Å². The molecule has 2 atom stereocenters. The van der Waals surface area contributed by atoms with Crippen molar-refractivity contribution in [3.63, 3.8) is 0 Å². The fourth-order valence-electron chi connectivity index (χ4n) is 4.10. The van der Waals surface area contributed by atoms with Gasteiger partial charge in [0, 0.05) is 24.5 Å². The van der Waals surface area contributed by atoms with Crippen LogP contribution in [-0.2, 0) is 22.3 Å². The monoisotopic (exact) mass is 457 g/mol. The second-order valence-electron chi connectivity index (χ2n) is 7.96. The van der Waals surface area contributed by atoms with Gasteiger partial charge in [0.15, 0.2) is 0 Å². The Hall–Kier alpha value is -3.46. The second kappa shape index (κ2) is 9.19. The van der Waals surface area contributed by atoms with E-state index in [4.69, 9.17) is 4.74 Å². The Bertz CT molecular complexity index is 1180. The summed E-state index contributed by atoms with van der Waals surface area (Å²) < 4.78 is 44.1. The number of fused-ring (bicyclic) bond motifs is 1. The van der Waals surface area contributed by atoms with E-state index in [2.05, 4.69) is 10.3 Å². The first-order valence-electron chi connectivity index (χ1n) is 10.4. The Morgan fingerprint density at radius 2 is 1.91 bits per heavy atom. The standard InChI is InChI=1S/C24H22F3N3O3/c1-33-23(32)21-12-18(14-30(21)13-15-5-4-7-17(11-15)24(25,26)27)28-22(31)20-10-9-16-6-2-3-8-19(16)29-20/h2-11,18,21H,12-14H2,1H3,(H,28,31)/t18-,21-/m0/s1. The number of hydrogen-bond acceptors (Lipinski definition) is 5. The minimum Gasteiger partial charge on any atom is -0.468 e. The number of esters is 1. The smallest absolute Gasteiger partial charge is 0.416 e. The molecule has 0 bridgehead atoms. The molecule has 172 valence electrons. The highest BCUT2D eigenvalue weighted by Gasteiger charge is 2.38. The Kier molecular flexibility index (Phi) is 6.33. The predicted molar refractivity (Wildman–Crippen MR) is 115 cm³/mol. The average Bonchev–Trinajstić information content (AvgIpc) is 3.19. The molecule has 4 rings (SSSR count). The first-order chi connectivity index (χ1) is 15.7. The van der Waals surface area contributed by atoms with Crippen LogP contribution in [0.2, 0.25) is 0 Å². The molecule has 9 heteroatoms. The number of likely N-dealkylation sites (tertiary alicyclic amines) is 1. The summed E-state index contributed by atoms with van der Waals surface area (Å²) >= 11 is 0. The van der Waals surface area contributed by atoms with Crippen LogP contribution in [0.15, 0.2) is 60.7 Å². The Balaban J connectivity index is 1.49. The van der Waals surface area contributed by atoms with Crippen molar-refractivity contribution >= 4 is 22.8 Å². The molecule has 1 fully saturated rings. The molecule has 0 saturated carbocycles. The van der Waals surface area contributed by atoms with Crippen LogP contribution in [0.1, 0.15) is 28.0 Å². The van der Waals surface area contributed by atoms with Crippen molar-refractivity contribution in [1.29, 1.82) is 0 Å². The second-order valence-corrected chi connectivity index (χ2v) is 7.96. The van der Waals surface area contributed by atoms with Gasteiger partial charge in [-0.25, -0.2) is 4.98 Å². The molecule has 2 aromatic carbocycles. The summed E-state index contributed by atoms with van der Waals surface area (Å²) in [6.45, 7) is 0.402. The first-order valence-corrected chi connectivity index (χ1v) is 10.4. The highest BCUT2D eigenvalue weighted by atomic mass is 19.4. The van der Waals surface area contributed by atoms with E-state index in [1.807, 2.05) is 30.3 Å². The lowest BCUT2D eigenvalue weighted by atomic mass is 10.1. The van der Waals surface area contributed by atoms with Crippen LogP contribution in [0.4, 0.5) is 13.2 Å². The van der Waals surface area contributed by atoms with E-state index in [1.54, 1.807) is 17.0 Å². The molecule has 33 heavy (non-hydrogen) atoms. The number of halogens is 3. The molecule has 6 nitrogen and oxygen atoms in total. The van der Waals surface area contributed by atoms with Gasteiger partial charge >= 0.3 is 12.1 Å². The van der Waals surface area contributed by atoms with Crippen LogP contribution in [0.3, 0.4) is 0 Å². The zero-order chi connectivity index (χ0) is 23.6. The van der Waals surface area contributed by atoms with Gasteiger partial charge in [-0.3, -0.25) is 14.5 Å². The summed E-state index contributed by atoms with van der Waals surface area (Å²) in [7, 11) is 1.26. The molecule has 1 aliphatic heterocycles. The lowest BCUT2D eigenvalue weighted by Gasteiger charge is -2.22. The van der Waals surface area contributed by atoms with Crippen LogP contribution in [0, 0.1) is 0 Å². The number of alkyl halides is 3. The number of para-hydroxylation sites is 1. The number of nitrogens with zero attached hydrogens (tertiary/aromatic N) is 2. The Morgan fingerprint density at radius 3 is 2.67 bits per heavy atom. The largest absolute Gasteiger partial charge is 0.468 e. The third-order valence-corrected chi connectivity index (χ3v) is 5.68. The van der Waals surface area contributed by atoms with Gasteiger partial charge in [0.25, 0.3) is 5.91 Å². The maximum Gasteiger partial charge on any atom is 0.416 e. The zero-order valence-electron chi connectivity index (χ0n) is 17.8. The summed E-state index contributed by atoms with van der Waals surface area (Å²) in [5, 5.41) is 3.80. The maximum atomic E-state index is 13.1. The van der Waals surface area contributed by atoms with Crippen LogP contribution < -0.4 is 5.32 Å². The van der Waals surface area contributed by atoms with Crippen molar-refractivity contribution < 1.29 is 27.5 Å². The number of nitrogens with one attached hydrogen (secondary N) is 1. The van der Waals surface area contributed by atoms with Crippen LogP contribution in [0.5, 0.6) is 0 Å². The number of carbonyl (C=O) groups excluding carboxylic acids is 2. The maximum absolute atomic E-state index is 13.1. The molecule has 1 saturated heterocycles. The number of methoxy groups -OCH3 is 1. The molecular weight excluding hydrogens is 435 g/mol. The van der Waals surface area contributed by atoms with Gasteiger partial charge in [0.2, 0.25) is 0 Å². The number of carbonyl (C=O) groups is 2.